The number of nitrogens with one attached hydrogen (secondary N) is 1. The minimum absolute atomic E-state index is 0.0827. The van der Waals surface area contributed by atoms with E-state index >= 15 is 0 Å². The van der Waals surface area contributed by atoms with Crippen LogP contribution in [0.5, 0.6) is 5.75 Å². The largest absolute Gasteiger partial charge is 0.497 e. The van der Waals surface area contributed by atoms with E-state index in [4.69, 9.17) is 10.5 Å². The minimum atomic E-state index is 0.0827. The predicted octanol–water partition coefficient (Wildman–Crippen LogP) is 4.14. The normalized spacial score (nSPS) is 18.8. The highest BCUT2D eigenvalue weighted by Gasteiger charge is 2.30. The van der Waals surface area contributed by atoms with Gasteiger partial charge in [-0.1, -0.05) is 50.2 Å². The summed E-state index contributed by atoms with van der Waals surface area (Å²) < 4.78 is 7.18. The zero-order valence-corrected chi connectivity index (χ0v) is 15.9. The van der Waals surface area contributed by atoms with Crippen LogP contribution in [0.2, 0.25) is 0 Å². The molecule has 0 saturated carbocycles. The molecule has 0 saturated heterocycles. The molecule has 0 radical (unpaired) electrons. The van der Waals surface area contributed by atoms with Crippen LogP contribution in [-0.2, 0) is 0 Å². The van der Waals surface area contributed by atoms with Gasteiger partial charge in [0.15, 0.2) is 0 Å². The van der Waals surface area contributed by atoms with Crippen LogP contribution in [0.15, 0.2) is 48.5 Å². The molecule has 0 fully saturated rings. The Morgan fingerprint density at radius 1 is 1.07 bits per heavy atom. The number of ether oxygens (including phenoxy) is 1. The molecule has 1 aromatic heterocycles. The van der Waals surface area contributed by atoms with E-state index in [1.54, 1.807) is 7.11 Å². The highest BCUT2D eigenvalue weighted by Crippen LogP contribution is 2.38. The molecule has 0 bridgehead atoms. The monoisotopic (exact) mass is 363 g/mol. The zero-order chi connectivity index (χ0) is 19.0. The Morgan fingerprint density at radius 3 is 2.37 bits per heavy atom. The number of nitrogens with two attached hydrogens (primary N) is 1. The fourth-order valence-corrected chi connectivity index (χ4v) is 3.63. The molecule has 3 N–H and O–H groups in total. The lowest BCUT2D eigenvalue weighted by molar-refractivity contribution is 0.413. The second kappa shape index (κ2) is 6.95. The molecule has 4 rings (SSSR count). The second-order valence-electron chi connectivity index (χ2n) is 7.28. The molecule has 0 aliphatic carbocycles. The van der Waals surface area contributed by atoms with E-state index in [0.29, 0.717) is 11.9 Å². The van der Waals surface area contributed by atoms with Crippen molar-refractivity contribution in [3.63, 3.8) is 0 Å². The number of fused-ring (bicyclic) bond motifs is 1. The van der Waals surface area contributed by atoms with Crippen molar-refractivity contribution in [2.75, 3.05) is 18.2 Å². The number of hydrogen-bond donors (Lipinski definition) is 2. The van der Waals surface area contributed by atoms with Gasteiger partial charge in [0, 0.05) is 0 Å². The molecule has 27 heavy (non-hydrogen) atoms. The van der Waals surface area contributed by atoms with Crippen molar-refractivity contribution in [2.45, 2.75) is 38.3 Å². The van der Waals surface area contributed by atoms with Crippen LogP contribution < -0.4 is 15.8 Å². The van der Waals surface area contributed by atoms with Crippen LogP contribution in [-0.4, -0.2) is 21.9 Å². The van der Waals surface area contributed by atoms with Gasteiger partial charge in [-0.25, -0.2) is 4.68 Å². The van der Waals surface area contributed by atoms with E-state index in [1.165, 1.54) is 16.7 Å². The van der Waals surface area contributed by atoms with Crippen molar-refractivity contribution in [3.8, 4) is 5.75 Å². The van der Waals surface area contributed by atoms with E-state index in [0.717, 1.165) is 12.2 Å². The van der Waals surface area contributed by atoms with Gasteiger partial charge in [-0.2, -0.15) is 4.98 Å². The van der Waals surface area contributed by atoms with E-state index in [9.17, 15) is 0 Å². The number of rotatable bonds is 4. The van der Waals surface area contributed by atoms with Crippen LogP contribution in [0.1, 0.15) is 55.0 Å². The lowest BCUT2D eigenvalue weighted by Gasteiger charge is -2.32. The molecule has 3 aromatic rings. The molecule has 2 aromatic carbocycles. The van der Waals surface area contributed by atoms with Gasteiger partial charge in [0.1, 0.15) is 5.75 Å². The Labute approximate surface area is 159 Å². The summed E-state index contributed by atoms with van der Waals surface area (Å²) in [6.07, 6.45) is 0.864. The lowest BCUT2D eigenvalue weighted by Crippen LogP contribution is -2.28. The lowest BCUT2D eigenvalue weighted by atomic mass is 9.92. The first kappa shape index (κ1) is 17.4. The van der Waals surface area contributed by atoms with Crippen LogP contribution in [0.3, 0.4) is 0 Å². The van der Waals surface area contributed by atoms with Gasteiger partial charge in [0.25, 0.3) is 0 Å². The molecule has 2 heterocycles. The first-order valence-corrected chi connectivity index (χ1v) is 9.27. The number of methoxy groups -OCH3 is 1. The van der Waals surface area contributed by atoms with Gasteiger partial charge < -0.3 is 15.8 Å². The van der Waals surface area contributed by atoms with Crippen molar-refractivity contribution in [2.24, 2.45) is 0 Å². The molecule has 6 heteroatoms. The van der Waals surface area contributed by atoms with Gasteiger partial charge in [-0.15, -0.1) is 5.10 Å². The first-order valence-electron chi connectivity index (χ1n) is 9.27. The Hall–Kier alpha value is -3.02. The van der Waals surface area contributed by atoms with E-state index in [2.05, 4.69) is 65.6 Å². The number of nitrogen functional groups attached to an aromatic ring is 1. The predicted molar refractivity (Wildman–Crippen MR) is 107 cm³/mol. The summed E-state index contributed by atoms with van der Waals surface area (Å²) in [6, 6.07) is 17.1. The maximum atomic E-state index is 5.88. The fourth-order valence-electron chi connectivity index (χ4n) is 3.63. The van der Waals surface area contributed by atoms with E-state index in [-0.39, 0.29) is 18.0 Å². The third-order valence-corrected chi connectivity index (χ3v) is 5.21. The molecule has 140 valence electrons. The van der Waals surface area contributed by atoms with Gasteiger partial charge in [-0.05, 0) is 41.2 Å². The Kier molecular flexibility index (Phi) is 4.48. The molecule has 1 aliphatic rings. The Morgan fingerprint density at radius 2 is 1.74 bits per heavy atom. The van der Waals surface area contributed by atoms with Crippen LogP contribution >= 0.6 is 0 Å². The average molecular weight is 363 g/mol. The van der Waals surface area contributed by atoms with Crippen molar-refractivity contribution in [1.82, 2.24) is 14.8 Å². The van der Waals surface area contributed by atoms with Crippen molar-refractivity contribution >= 4 is 11.9 Å². The maximum Gasteiger partial charge on any atom is 0.241 e. The average Bonchev–Trinajstić information content (AvgIpc) is 3.07. The SMILES string of the molecule is COc1ccc(C2CC(c3ccc(C(C)C)cc3)n3nc(N)nc3N2)cc1. The molecule has 0 spiro atoms. The number of benzene rings is 2. The third-order valence-electron chi connectivity index (χ3n) is 5.21. The minimum Gasteiger partial charge on any atom is -0.497 e. The molecular formula is C21H25N5O. The van der Waals surface area contributed by atoms with E-state index in [1.807, 2.05) is 16.8 Å². The van der Waals surface area contributed by atoms with Crippen LogP contribution in [0.25, 0.3) is 0 Å². The van der Waals surface area contributed by atoms with Crippen LogP contribution in [0.4, 0.5) is 11.9 Å². The van der Waals surface area contributed by atoms with Gasteiger partial charge in [-0.3, -0.25) is 0 Å². The van der Waals surface area contributed by atoms with Gasteiger partial charge >= 0.3 is 0 Å². The zero-order valence-electron chi connectivity index (χ0n) is 15.9. The van der Waals surface area contributed by atoms with Crippen molar-refractivity contribution in [3.05, 3.63) is 65.2 Å². The van der Waals surface area contributed by atoms with Crippen LogP contribution in [0, 0.1) is 0 Å². The highest BCUT2D eigenvalue weighted by molar-refractivity contribution is 5.43. The molecule has 0 amide bonds. The first-order chi connectivity index (χ1) is 13.0. The topological polar surface area (TPSA) is 78.0 Å². The summed E-state index contributed by atoms with van der Waals surface area (Å²) >= 11 is 0. The Balaban J connectivity index is 1.69. The van der Waals surface area contributed by atoms with Crippen molar-refractivity contribution < 1.29 is 4.74 Å². The van der Waals surface area contributed by atoms with Gasteiger partial charge in [0.2, 0.25) is 11.9 Å². The summed E-state index contributed by atoms with van der Waals surface area (Å²) in [6.45, 7) is 4.41. The number of aromatic nitrogens is 3. The van der Waals surface area contributed by atoms with Crippen molar-refractivity contribution in [1.29, 1.82) is 0 Å². The summed E-state index contributed by atoms with van der Waals surface area (Å²) in [5, 5.41) is 7.89. The third kappa shape index (κ3) is 3.35. The molecule has 6 nitrogen and oxygen atoms in total. The summed E-state index contributed by atoms with van der Waals surface area (Å²) in [4.78, 5) is 4.38. The maximum absolute atomic E-state index is 5.88. The van der Waals surface area contributed by atoms with Gasteiger partial charge in [0.05, 0.1) is 19.2 Å². The number of hydrogen-bond acceptors (Lipinski definition) is 5. The molecular weight excluding hydrogens is 338 g/mol. The quantitative estimate of drug-likeness (QED) is 0.728. The molecule has 2 unspecified atom stereocenters. The summed E-state index contributed by atoms with van der Waals surface area (Å²) in [5.41, 5.74) is 9.62. The number of anilines is 2. The summed E-state index contributed by atoms with van der Waals surface area (Å²) in [5.74, 6) is 2.36. The molecule has 2 atom stereocenters. The smallest absolute Gasteiger partial charge is 0.241 e. The Bertz CT molecular complexity index is 915. The standard InChI is InChI=1S/C21H25N5O/c1-13(2)14-4-6-16(7-5-14)19-12-18(15-8-10-17(27-3)11-9-15)23-21-24-20(22)25-26(19)21/h4-11,13,18-19H,12H2,1-3H3,(H3,22,23,24,25). The fraction of sp³-hybridized carbons (Fsp3) is 0.333. The van der Waals surface area contributed by atoms with E-state index < -0.39 is 0 Å². The second-order valence-corrected chi connectivity index (χ2v) is 7.28. The summed E-state index contributed by atoms with van der Waals surface area (Å²) in [7, 11) is 1.68. The number of nitrogens with zero attached hydrogens (tertiary/aromatic N) is 3. The highest BCUT2D eigenvalue weighted by atomic mass is 16.5. The molecule has 1 aliphatic heterocycles.